The Bertz CT molecular complexity index is 539. The lowest BCUT2D eigenvalue weighted by molar-refractivity contribution is 0.449. The number of nitrogens with one attached hydrogen (secondary N) is 2. The average Bonchev–Trinajstić information content (AvgIpc) is 3.17. The molecule has 106 valence electrons. The van der Waals surface area contributed by atoms with Crippen LogP contribution in [0, 0.1) is 5.41 Å². The smallest absolute Gasteiger partial charge is 0.260 e. The van der Waals surface area contributed by atoms with Crippen LogP contribution < -0.4 is 10.0 Å². The molecule has 1 fully saturated rings. The fraction of sp³-hybridized carbons (Fsp3) is 0.615. The molecule has 0 bridgehead atoms. The summed E-state index contributed by atoms with van der Waals surface area (Å²) in [5.74, 6) is 0. The molecular formula is C13H21N3O2S. The third kappa shape index (κ3) is 3.25. The maximum Gasteiger partial charge on any atom is 0.260 e. The van der Waals surface area contributed by atoms with Gasteiger partial charge < -0.3 is 5.32 Å². The first-order valence-corrected chi connectivity index (χ1v) is 8.14. The molecule has 0 radical (unpaired) electrons. The zero-order valence-corrected chi connectivity index (χ0v) is 12.3. The van der Waals surface area contributed by atoms with Gasteiger partial charge in [-0.2, -0.15) is 0 Å². The van der Waals surface area contributed by atoms with Crippen LogP contribution in [0.15, 0.2) is 23.4 Å². The zero-order chi connectivity index (χ0) is 13.9. The molecule has 0 amide bonds. The van der Waals surface area contributed by atoms with E-state index in [9.17, 15) is 8.42 Å². The Hall–Kier alpha value is -1.14. The Labute approximate surface area is 114 Å². The van der Waals surface area contributed by atoms with Gasteiger partial charge in [0.25, 0.3) is 10.0 Å². The van der Waals surface area contributed by atoms with E-state index < -0.39 is 10.0 Å². The summed E-state index contributed by atoms with van der Waals surface area (Å²) in [5, 5.41) is 2.93. The number of nitrogens with zero attached hydrogens (tertiary/aromatic N) is 1. The minimum atomic E-state index is -3.54. The maximum absolute atomic E-state index is 12.3. The first-order valence-electron chi connectivity index (χ1n) is 6.65. The summed E-state index contributed by atoms with van der Waals surface area (Å²) in [6.07, 6.45) is 5.90. The number of pyridine rings is 1. The van der Waals surface area contributed by atoms with E-state index >= 15 is 0 Å². The van der Waals surface area contributed by atoms with E-state index in [0.717, 1.165) is 25.7 Å². The summed E-state index contributed by atoms with van der Waals surface area (Å²) in [7, 11) is -1.85. The van der Waals surface area contributed by atoms with Gasteiger partial charge in [0, 0.05) is 19.8 Å². The second kappa shape index (κ2) is 5.46. The Morgan fingerprint density at radius 1 is 1.42 bits per heavy atom. The first-order chi connectivity index (χ1) is 9.03. The van der Waals surface area contributed by atoms with Gasteiger partial charge in [0.15, 0.2) is 5.03 Å². The average molecular weight is 283 g/mol. The van der Waals surface area contributed by atoms with Gasteiger partial charge in [0.2, 0.25) is 0 Å². The van der Waals surface area contributed by atoms with E-state index in [1.165, 1.54) is 6.20 Å². The minimum Gasteiger partial charge on any atom is -0.386 e. The molecule has 5 nitrogen and oxygen atoms in total. The van der Waals surface area contributed by atoms with Crippen LogP contribution in [0.3, 0.4) is 0 Å². The SMILES string of the molecule is CCCC1(CNS(=O)(=O)c2ncccc2NC)CC1. The topological polar surface area (TPSA) is 71.1 Å². The van der Waals surface area contributed by atoms with E-state index in [1.54, 1.807) is 19.2 Å². The van der Waals surface area contributed by atoms with E-state index in [4.69, 9.17) is 0 Å². The minimum absolute atomic E-state index is 0.0739. The molecule has 1 aliphatic carbocycles. The molecule has 1 aromatic heterocycles. The van der Waals surface area contributed by atoms with Gasteiger partial charge in [-0.05, 0) is 36.8 Å². The van der Waals surface area contributed by atoms with Gasteiger partial charge in [-0.1, -0.05) is 13.3 Å². The number of aromatic nitrogens is 1. The van der Waals surface area contributed by atoms with Gasteiger partial charge in [0.1, 0.15) is 0 Å². The molecule has 1 aromatic rings. The third-order valence-corrected chi connectivity index (χ3v) is 5.03. The molecule has 2 rings (SSSR count). The van der Waals surface area contributed by atoms with Crippen molar-refractivity contribution >= 4 is 15.7 Å². The zero-order valence-electron chi connectivity index (χ0n) is 11.4. The Morgan fingerprint density at radius 3 is 2.74 bits per heavy atom. The van der Waals surface area contributed by atoms with Crippen molar-refractivity contribution in [3.8, 4) is 0 Å². The van der Waals surface area contributed by atoms with Gasteiger partial charge in [-0.25, -0.2) is 18.1 Å². The lowest BCUT2D eigenvalue weighted by Gasteiger charge is -2.15. The van der Waals surface area contributed by atoms with E-state index in [0.29, 0.717) is 12.2 Å². The summed E-state index contributed by atoms with van der Waals surface area (Å²) >= 11 is 0. The fourth-order valence-corrected chi connectivity index (χ4v) is 3.63. The molecule has 0 unspecified atom stereocenters. The van der Waals surface area contributed by atoms with Gasteiger partial charge in [0.05, 0.1) is 5.69 Å². The third-order valence-electron chi connectivity index (χ3n) is 3.67. The molecule has 1 heterocycles. The molecule has 1 aliphatic rings. The lowest BCUT2D eigenvalue weighted by atomic mass is 10.0. The van der Waals surface area contributed by atoms with Crippen molar-refractivity contribution in [3.63, 3.8) is 0 Å². The first kappa shape index (κ1) is 14.3. The highest BCUT2D eigenvalue weighted by atomic mass is 32.2. The highest BCUT2D eigenvalue weighted by molar-refractivity contribution is 7.89. The van der Waals surface area contributed by atoms with Crippen molar-refractivity contribution in [2.24, 2.45) is 5.41 Å². The van der Waals surface area contributed by atoms with Crippen molar-refractivity contribution in [1.82, 2.24) is 9.71 Å². The van der Waals surface area contributed by atoms with Crippen LogP contribution in [0.25, 0.3) is 0 Å². The molecular weight excluding hydrogens is 262 g/mol. The van der Waals surface area contributed by atoms with E-state index in [-0.39, 0.29) is 10.4 Å². The Morgan fingerprint density at radius 2 is 2.16 bits per heavy atom. The van der Waals surface area contributed by atoms with Gasteiger partial charge >= 0.3 is 0 Å². The van der Waals surface area contributed by atoms with Gasteiger partial charge in [-0.15, -0.1) is 0 Å². The number of anilines is 1. The summed E-state index contributed by atoms with van der Waals surface area (Å²) in [6.45, 7) is 2.65. The van der Waals surface area contributed by atoms with Crippen LogP contribution in [0.5, 0.6) is 0 Å². The second-order valence-corrected chi connectivity index (χ2v) is 6.86. The molecule has 6 heteroatoms. The van der Waals surface area contributed by atoms with Crippen LogP contribution in [0.4, 0.5) is 5.69 Å². The molecule has 0 saturated heterocycles. The summed E-state index contributed by atoms with van der Waals surface area (Å²) in [4.78, 5) is 3.98. The second-order valence-electron chi connectivity index (χ2n) is 5.18. The molecule has 0 atom stereocenters. The molecule has 1 saturated carbocycles. The molecule has 0 aliphatic heterocycles. The Kier molecular flexibility index (Phi) is 4.10. The summed E-state index contributed by atoms with van der Waals surface area (Å²) in [6, 6.07) is 3.42. The van der Waals surface area contributed by atoms with Crippen LogP contribution >= 0.6 is 0 Å². The normalized spacial score (nSPS) is 17.2. The lowest BCUT2D eigenvalue weighted by Crippen LogP contribution is -2.31. The fourth-order valence-electron chi connectivity index (χ4n) is 2.33. The predicted molar refractivity (Wildman–Crippen MR) is 75.5 cm³/mol. The number of hydrogen-bond acceptors (Lipinski definition) is 4. The van der Waals surface area contributed by atoms with Crippen molar-refractivity contribution in [2.75, 3.05) is 18.9 Å². The van der Waals surface area contributed by atoms with Crippen molar-refractivity contribution in [3.05, 3.63) is 18.3 Å². The van der Waals surface area contributed by atoms with Crippen LogP contribution in [-0.4, -0.2) is 27.0 Å². The van der Waals surface area contributed by atoms with Crippen molar-refractivity contribution < 1.29 is 8.42 Å². The number of sulfonamides is 1. The quantitative estimate of drug-likeness (QED) is 0.802. The Balaban J connectivity index is 2.10. The standard InChI is InChI=1S/C13H21N3O2S/c1-3-6-13(7-8-13)10-16-19(17,18)12-11(14-2)5-4-9-15-12/h4-5,9,14,16H,3,6-8,10H2,1-2H3. The van der Waals surface area contributed by atoms with Crippen molar-refractivity contribution in [2.45, 2.75) is 37.6 Å². The number of rotatable bonds is 7. The predicted octanol–water partition coefficient (Wildman–Crippen LogP) is 1.98. The maximum atomic E-state index is 12.3. The molecule has 0 spiro atoms. The van der Waals surface area contributed by atoms with Crippen LogP contribution in [0.1, 0.15) is 32.6 Å². The number of hydrogen-bond donors (Lipinski definition) is 2. The van der Waals surface area contributed by atoms with E-state index in [2.05, 4.69) is 21.9 Å². The highest BCUT2D eigenvalue weighted by Gasteiger charge is 2.42. The van der Waals surface area contributed by atoms with Crippen LogP contribution in [-0.2, 0) is 10.0 Å². The van der Waals surface area contributed by atoms with Crippen LogP contribution in [0.2, 0.25) is 0 Å². The van der Waals surface area contributed by atoms with Gasteiger partial charge in [-0.3, -0.25) is 0 Å². The van der Waals surface area contributed by atoms with Crippen molar-refractivity contribution in [1.29, 1.82) is 0 Å². The molecule has 0 aromatic carbocycles. The summed E-state index contributed by atoms with van der Waals surface area (Å²) < 4.78 is 27.3. The largest absolute Gasteiger partial charge is 0.386 e. The monoisotopic (exact) mass is 283 g/mol. The molecule has 2 N–H and O–H groups in total. The van der Waals surface area contributed by atoms with E-state index in [1.807, 2.05) is 0 Å². The molecule has 19 heavy (non-hydrogen) atoms. The summed E-state index contributed by atoms with van der Waals surface area (Å²) in [5.41, 5.74) is 0.714. The highest BCUT2D eigenvalue weighted by Crippen LogP contribution is 2.49.